The van der Waals surface area contributed by atoms with Crippen molar-refractivity contribution in [2.24, 2.45) is 0 Å². The number of hydrogen-bond acceptors (Lipinski definition) is 3. The molecule has 1 aromatic carbocycles. The van der Waals surface area contributed by atoms with E-state index in [0.717, 1.165) is 0 Å². The lowest BCUT2D eigenvalue weighted by molar-refractivity contribution is 0.0856. The van der Waals surface area contributed by atoms with Crippen molar-refractivity contribution in [3.63, 3.8) is 0 Å². The second kappa shape index (κ2) is 8.82. The third-order valence-corrected chi connectivity index (χ3v) is 7.46. The quantitative estimate of drug-likeness (QED) is 0.677. The predicted octanol–water partition coefficient (Wildman–Crippen LogP) is 3.99. The maximum Gasteiger partial charge on any atom is 0.537 e. The maximum absolute atomic E-state index is 6.12. The van der Waals surface area contributed by atoms with Gasteiger partial charge in [0.2, 0.25) is 0 Å². The van der Waals surface area contributed by atoms with E-state index < -0.39 is 8.80 Å². The average molecular weight is 323 g/mol. The van der Waals surface area contributed by atoms with Crippen molar-refractivity contribution < 1.29 is 13.3 Å². The highest BCUT2D eigenvalue weighted by atomic mass is 28.4. The van der Waals surface area contributed by atoms with Crippen molar-refractivity contribution >= 4 is 14.0 Å². The van der Waals surface area contributed by atoms with Crippen molar-refractivity contribution in [1.29, 1.82) is 0 Å². The molecule has 0 aromatic heterocycles. The summed E-state index contributed by atoms with van der Waals surface area (Å²) < 4.78 is 18.4. The summed E-state index contributed by atoms with van der Waals surface area (Å²) in [5.74, 6) is 0.623. The molecular formula is C18H30O3Si. The molecule has 0 heterocycles. The third kappa shape index (κ3) is 3.99. The second-order valence-electron chi connectivity index (χ2n) is 5.78. The zero-order chi connectivity index (χ0) is 15.8. The molecule has 0 N–H and O–H groups in total. The van der Waals surface area contributed by atoms with E-state index in [9.17, 15) is 0 Å². The first-order valence-electron chi connectivity index (χ1n) is 8.78. The molecule has 0 spiro atoms. The van der Waals surface area contributed by atoms with Crippen LogP contribution in [-0.4, -0.2) is 28.6 Å². The van der Waals surface area contributed by atoms with Crippen molar-refractivity contribution in [2.45, 2.75) is 58.8 Å². The van der Waals surface area contributed by atoms with Crippen LogP contribution >= 0.6 is 0 Å². The summed E-state index contributed by atoms with van der Waals surface area (Å²) in [4.78, 5) is 0. The molecule has 1 saturated carbocycles. The second-order valence-corrected chi connectivity index (χ2v) is 8.29. The van der Waals surface area contributed by atoms with Gasteiger partial charge in [0.25, 0.3) is 0 Å². The Morgan fingerprint density at radius 1 is 0.864 bits per heavy atom. The summed E-state index contributed by atoms with van der Waals surface area (Å²) in [6, 6.07) is 8.64. The molecule has 1 aliphatic carbocycles. The Morgan fingerprint density at radius 2 is 1.41 bits per heavy atom. The summed E-state index contributed by atoms with van der Waals surface area (Å²) in [5, 5.41) is 1.19. The van der Waals surface area contributed by atoms with Crippen LogP contribution in [0.3, 0.4) is 0 Å². The molecule has 0 saturated heterocycles. The van der Waals surface area contributed by atoms with Crippen LogP contribution in [0.1, 0.15) is 64.4 Å². The van der Waals surface area contributed by atoms with E-state index in [2.05, 4.69) is 24.3 Å². The molecule has 0 radical (unpaired) electrons. The van der Waals surface area contributed by atoms with Crippen LogP contribution in [0.5, 0.6) is 0 Å². The third-order valence-electron chi connectivity index (χ3n) is 4.34. The largest absolute Gasteiger partial charge is 0.537 e. The summed E-state index contributed by atoms with van der Waals surface area (Å²) >= 11 is 0. The minimum atomic E-state index is -2.80. The van der Waals surface area contributed by atoms with Crippen LogP contribution in [0.4, 0.5) is 0 Å². The predicted molar refractivity (Wildman–Crippen MR) is 92.5 cm³/mol. The normalized spacial score (nSPS) is 16.9. The van der Waals surface area contributed by atoms with Crippen molar-refractivity contribution in [3.8, 4) is 0 Å². The van der Waals surface area contributed by atoms with Gasteiger partial charge in [-0.2, -0.15) is 0 Å². The summed E-state index contributed by atoms with van der Waals surface area (Å²) in [5.41, 5.74) is 1.39. The highest BCUT2D eigenvalue weighted by molar-refractivity contribution is 6.75. The number of rotatable bonds is 8. The molecule has 3 nitrogen and oxygen atoms in total. The minimum Gasteiger partial charge on any atom is -0.370 e. The monoisotopic (exact) mass is 322 g/mol. The van der Waals surface area contributed by atoms with Gasteiger partial charge in [0, 0.05) is 25.0 Å². The molecule has 0 bridgehead atoms. The van der Waals surface area contributed by atoms with Crippen molar-refractivity contribution in [3.05, 3.63) is 29.8 Å². The van der Waals surface area contributed by atoms with Gasteiger partial charge in [-0.3, -0.25) is 0 Å². The molecule has 0 aliphatic heterocycles. The van der Waals surface area contributed by atoms with Crippen LogP contribution in [0.25, 0.3) is 0 Å². The first-order valence-corrected chi connectivity index (χ1v) is 10.5. The molecular weight excluding hydrogens is 292 g/mol. The van der Waals surface area contributed by atoms with Gasteiger partial charge >= 0.3 is 8.80 Å². The van der Waals surface area contributed by atoms with Crippen LogP contribution in [0.2, 0.25) is 0 Å². The standard InChI is InChI=1S/C18H30O3Si/c1-4-19-22(20-5-2,21-6-3)18-15-11-10-14-17(18)16-12-8-7-9-13-16/h10-11,14-16H,4-9,12-13H2,1-3H3. The lowest BCUT2D eigenvalue weighted by Crippen LogP contribution is -2.58. The zero-order valence-electron chi connectivity index (χ0n) is 14.3. The van der Waals surface area contributed by atoms with Crippen molar-refractivity contribution in [2.75, 3.05) is 19.8 Å². The Bertz CT molecular complexity index is 427. The Labute approximate surface area is 136 Å². The van der Waals surface area contributed by atoms with Gasteiger partial charge in [0.1, 0.15) is 0 Å². The Morgan fingerprint density at radius 3 is 1.95 bits per heavy atom. The molecule has 4 heteroatoms. The van der Waals surface area contributed by atoms with Gasteiger partial charge < -0.3 is 13.3 Å². The fourth-order valence-corrected chi connectivity index (χ4v) is 6.27. The van der Waals surface area contributed by atoms with E-state index in [1.165, 1.54) is 42.9 Å². The highest BCUT2D eigenvalue weighted by Crippen LogP contribution is 2.33. The number of benzene rings is 1. The highest BCUT2D eigenvalue weighted by Gasteiger charge is 2.45. The SMILES string of the molecule is CCO[Si](OCC)(OCC)c1ccccc1C1CCCCC1. The smallest absolute Gasteiger partial charge is 0.370 e. The van der Waals surface area contributed by atoms with E-state index in [4.69, 9.17) is 13.3 Å². The van der Waals surface area contributed by atoms with Crippen LogP contribution in [0, 0.1) is 0 Å². The summed E-state index contributed by atoms with van der Waals surface area (Å²) in [6.45, 7) is 7.90. The Hall–Kier alpha value is -0.683. The summed E-state index contributed by atoms with van der Waals surface area (Å²) in [7, 11) is -2.80. The van der Waals surface area contributed by atoms with Crippen molar-refractivity contribution in [1.82, 2.24) is 0 Å². The fraction of sp³-hybridized carbons (Fsp3) is 0.667. The molecule has 1 fully saturated rings. The lowest BCUT2D eigenvalue weighted by atomic mass is 9.84. The topological polar surface area (TPSA) is 27.7 Å². The molecule has 0 amide bonds. The van der Waals surface area contributed by atoms with E-state index in [1.807, 2.05) is 20.8 Å². The van der Waals surface area contributed by atoms with Gasteiger partial charge in [-0.25, -0.2) is 0 Å². The van der Waals surface area contributed by atoms with Gasteiger partial charge in [0.05, 0.1) is 0 Å². The molecule has 2 rings (SSSR count). The molecule has 124 valence electrons. The van der Waals surface area contributed by atoms with Gasteiger partial charge in [-0.1, -0.05) is 43.5 Å². The molecule has 0 atom stereocenters. The van der Waals surface area contributed by atoms with Gasteiger partial charge in [-0.15, -0.1) is 0 Å². The molecule has 1 aliphatic rings. The van der Waals surface area contributed by atoms with E-state index in [1.54, 1.807) is 0 Å². The van der Waals surface area contributed by atoms with E-state index in [-0.39, 0.29) is 0 Å². The van der Waals surface area contributed by atoms with E-state index in [0.29, 0.717) is 25.7 Å². The number of hydrogen-bond donors (Lipinski definition) is 0. The Kier molecular flexibility index (Phi) is 7.08. The molecule has 1 aromatic rings. The van der Waals surface area contributed by atoms with Gasteiger partial charge in [-0.05, 0) is 45.1 Å². The Balaban J connectivity index is 2.41. The maximum atomic E-state index is 6.12. The molecule has 0 unspecified atom stereocenters. The first-order chi connectivity index (χ1) is 10.8. The van der Waals surface area contributed by atoms with Crippen LogP contribution in [-0.2, 0) is 13.3 Å². The fourth-order valence-electron chi connectivity index (χ4n) is 3.47. The summed E-state index contributed by atoms with van der Waals surface area (Å²) in [6.07, 6.45) is 6.55. The molecule has 22 heavy (non-hydrogen) atoms. The van der Waals surface area contributed by atoms with Gasteiger partial charge in [0.15, 0.2) is 0 Å². The first kappa shape index (κ1) is 17.7. The lowest BCUT2D eigenvalue weighted by Gasteiger charge is -2.33. The van der Waals surface area contributed by atoms with Crippen LogP contribution in [0.15, 0.2) is 24.3 Å². The van der Waals surface area contributed by atoms with Crippen LogP contribution < -0.4 is 5.19 Å². The zero-order valence-corrected chi connectivity index (χ0v) is 15.3. The van der Waals surface area contributed by atoms with E-state index >= 15 is 0 Å². The average Bonchev–Trinajstić information content (AvgIpc) is 2.56. The minimum absolute atomic E-state index is 0.616.